The van der Waals surface area contributed by atoms with Crippen LogP contribution in [0, 0.1) is 0 Å². The van der Waals surface area contributed by atoms with E-state index in [9.17, 15) is 9.90 Å². The van der Waals surface area contributed by atoms with Crippen LogP contribution in [0.2, 0.25) is 5.02 Å². The van der Waals surface area contributed by atoms with Crippen molar-refractivity contribution in [2.45, 2.75) is 50.2 Å². The fourth-order valence-corrected chi connectivity index (χ4v) is 3.86. The summed E-state index contributed by atoms with van der Waals surface area (Å²) in [5.41, 5.74) is 0.295. The molecule has 2 heterocycles. The summed E-state index contributed by atoms with van der Waals surface area (Å²) in [6.45, 7) is 0. The fraction of sp³-hybridized carbons (Fsp3) is 0.562. The van der Waals surface area contributed by atoms with E-state index in [0.717, 1.165) is 12.8 Å². The molecule has 114 valence electrons. The number of halogens is 1. The average Bonchev–Trinajstić information content (AvgIpc) is 2.39. The van der Waals surface area contributed by atoms with Gasteiger partial charge < -0.3 is 15.3 Å². The summed E-state index contributed by atoms with van der Waals surface area (Å²) >= 11 is 5.80. The first-order chi connectivity index (χ1) is 10.0. The molecule has 1 aromatic carbocycles. The summed E-state index contributed by atoms with van der Waals surface area (Å²) in [7, 11) is 2.19. The van der Waals surface area contributed by atoms with E-state index in [2.05, 4.69) is 17.3 Å². The molecule has 2 unspecified atom stereocenters. The molecule has 2 aliphatic rings. The van der Waals surface area contributed by atoms with Crippen molar-refractivity contribution >= 4 is 17.5 Å². The van der Waals surface area contributed by atoms with Crippen molar-refractivity contribution in [1.82, 2.24) is 10.2 Å². The van der Waals surface area contributed by atoms with E-state index < -0.39 is 0 Å². The van der Waals surface area contributed by atoms with Crippen LogP contribution in [-0.4, -0.2) is 41.1 Å². The molecule has 2 N–H and O–H groups in total. The number of carbonyl (C=O) groups excluding carboxylic acids is 1. The Morgan fingerprint density at radius 2 is 2.00 bits per heavy atom. The van der Waals surface area contributed by atoms with Gasteiger partial charge in [-0.05, 0) is 50.9 Å². The third-order valence-electron chi connectivity index (χ3n) is 4.88. The molecule has 21 heavy (non-hydrogen) atoms. The van der Waals surface area contributed by atoms with Gasteiger partial charge in [0.1, 0.15) is 5.75 Å². The van der Waals surface area contributed by atoms with Gasteiger partial charge in [0.05, 0.1) is 5.56 Å². The van der Waals surface area contributed by atoms with Gasteiger partial charge in [0.25, 0.3) is 5.91 Å². The Balaban J connectivity index is 1.68. The van der Waals surface area contributed by atoms with E-state index in [0.29, 0.717) is 22.7 Å². The number of piperidine rings is 2. The summed E-state index contributed by atoms with van der Waals surface area (Å²) in [5, 5.41) is 13.3. The lowest BCUT2D eigenvalue weighted by atomic mass is 9.82. The number of fused-ring (bicyclic) bond motifs is 2. The van der Waals surface area contributed by atoms with Gasteiger partial charge in [-0.25, -0.2) is 0 Å². The molecule has 4 nitrogen and oxygen atoms in total. The molecule has 0 aromatic heterocycles. The third-order valence-corrected chi connectivity index (χ3v) is 5.11. The Labute approximate surface area is 130 Å². The summed E-state index contributed by atoms with van der Waals surface area (Å²) < 4.78 is 0. The monoisotopic (exact) mass is 308 g/mol. The van der Waals surface area contributed by atoms with E-state index in [1.54, 1.807) is 12.1 Å². The van der Waals surface area contributed by atoms with Gasteiger partial charge in [-0.2, -0.15) is 0 Å². The van der Waals surface area contributed by atoms with Crippen molar-refractivity contribution in [1.29, 1.82) is 0 Å². The zero-order valence-corrected chi connectivity index (χ0v) is 12.9. The quantitative estimate of drug-likeness (QED) is 0.883. The van der Waals surface area contributed by atoms with Crippen LogP contribution in [0.4, 0.5) is 0 Å². The lowest BCUT2D eigenvalue weighted by Gasteiger charge is -2.47. The number of amides is 1. The molecule has 2 bridgehead atoms. The predicted molar refractivity (Wildman–Crippen MR) is 82.8 cm³/mol. The number of carbonyl (C=O) groups is 1. The maximum Gasteiger partial charge on any atom is 0.255 e. The van der Waals surface area contributed by atoms with Crippen LogP contribution in [-0.2, 0) is 0 Å². The van der Waals surface area contributed by atoms with Gasteiger partial charge >= 0.3 is 0 Å². The Kier molecular flexibility index (Phi) is 4.09. The molecular weight excluding hydrogens is 288 g/mol. The molecule has 2 fully saturated rings. The average molecular weight is 309 g/mol. The second-order valence-electron chi connectivity index (χ2n) is 6.21. The number of rotatable bonds is 2. The molecule has 0 spiro atoms. The van der Waals surface area contributed by atoms with Gasteiger partial charge in [-0.3, -0.25) is 4.79 Å². The van der Waals surface area contributed by atoms with Crippen molar-refractivity contribution < 1.29 is 9.90 Å². The third kappa shape index (κ3) is 3.01. The molecule has 3 rings (SSSR count). The molecule has 2 aliphatic heterocycles. The number of nitrogens with one attached hydrogen (secondary N) is 1. The first kappa shape index (κ1) is 14.7. The maximum absolute atomic E-state index is 12.3. The minimum atomic E-state index is -0.211. The van der Waals surface area contributed by atoms with Gasteiger partial charge in [-0.15, -0.1) is 0 Å². The molecule has 5 heteroatoms. The Bertz CT molecular complexity index is 535. The second kappa shape index (κ2) is 5.85. The first-order valence-corrected chi connectivity index (χ1v) is 7.93. The molecule has 2 atom stereocenters. The highest BCUT2D eigenvalue weighted by Crippen LogP contribution is 2.33. The summed E-state index contributed by atoms with van der Waals surface area (Å²) in [5.74, 6) is -0.273. The number of benzene rings is 1. The smallest absolute Gasteiger partial charge is 0.255 e. The molecule has 0 radical (unpaired) electrons. The molecule has 1 aromatic rings. The molecule has 1 amide bonds. The number of phenolic OH excluding ortho intramolecular Hbond substituents is 1. The van der Waals surface area contributed by atoms with Crippen LogP contribution in [0.3, 0.4) is 0 Å². The van der Waals surface area contributed by atoms with Crippen LogP contribution < -0.4 is 5.32 Å². The lowest BCUT2D eigenvalue weighted by Crippen LogP contribution is -2.55. The highest BCUT2D eigenvalue weighted by Gasteiger charge is 2.36. The number of aromatic hydroxyl groups is 1. The topological polar surface area (TPSA) is 52.6 Å². The van der Waals surface area contributed by atoms with Gasteiger partial charge in [0.15, 0.2) is 0 Å². The van der Waals surface area contributed by atoms with E-state index in [1.807, 2.05) is 0 Å². The standard InChI is InChI=1S/C16H21ClN2O2/c1-19-12-3-2-4-13(19)9-11(8-12)18-16(21)14-6-5-10(17)7-15(14)20/h5-7,11-13,20H,2-4,8-9H2,1H3,(H,18,21). The van der Waals surface area contributed by atoms with Crippen LogP contribution in [0.5, 0.6) is 5.75 Å². The second-order valence-corrected chi connectivity index (χ2v) is 6.64. The summed E-state index contributed by atoms with van der Waals surface area (Å²) in [4.78, 5) is 14.8. The van der Waals surface area contributed by atoms with Crippen molar-refractivity contribution in [3.05, 3.63) is 28.8 Å². The zero-order valence-electron chi connectivity index (χ0n) is 12.2. The Morgan fingerprint density at radius 1 is 1.33 bits per heavy atom. The first-order valence-electron chi connectivity index (χ1n) is 7.56. The molecule has 0 aliphatic carbocycles. The van der Waals surface area contributed by atoms with Crippen LogP contribution in [0.1, 0.15) is 42.5 Å². The number of phenols is 1. The minimum Gasteiger partial charge on any atom is -0.507 e. The van der Waals surface area contributed by atoms with Gasteiger partial charge in [-0.1, -0.05) is 18.0 Å². The minimum absolute atomic E-state index is 0.0619. The normalized spacial score (nSPS) is 29.1. The van der Waals surface area contributed by atoms with E-state index in [-0.39, 0.29) is 17.7 Å². The zero-order chi connectivity index (χ0) is 15.0. The van der Waals surface area contributed by atoms with Crippen molar-refractivity contribution in [2.75, 3.05) is 7.05 Å². The van der Waals surface area contributed by atoms with Crippen LogP contribution in [0.15, 0.2) is 18.2 Å². The maximum atomic E-state index is 12.3. The number of nitrogens with zero attached hydrogens (tertiary/aromatic N) is 1. The largest absolute Gasteiger partial charge is 0.507 e. The SMILES string of the molecule is CN1C2CCCC1CC(NC(=O)c1ccc(Cl)cc1O)C2. The van der Waals surface area contributed by atoms with E-state index in [1.165, 1.54) is 25.3 Å². The van der Waals surface area contributed by atoms with E-state index >= 15 is 0 Å². The molecular formula is C16H21ClN2O2. The Morgan fingerprint density at radius 3 is 2.62 bits per heavy atom. The van der Waals surface area contributed by atoms with Crippen molar-refractivity contribution in [2.24, 2.45) is 0 Å². The number of hydrogen-bond acceptors (Lipinski definition) is 3. The molecule has 0 saturated carbocycles. The van der Waals surface area contributed by atoms with Gasteiger partial charge in [0, 0.05) is 23.1 Å². The lowest BCUT2D eigenvalue weighted by molar-refractivity contribution is 0.0462. The predicted octanol–water partition coefficient (Wildman–Crippen LogP) is 2.79. The fourth-order valence-electron chi connectivity index (χ4n) is 3.69. The van der Waals surface area contributed by atoms with Crippen molar-refractivity contribution in [3.8, 4) is 5.75 Å². The Hall–Kier alpha value is -1.26. The number of hydrogen-bond donors (Lipinski definition) is 2. The highest BCUT2D eigenvalue weighted by atomic mass is 35.5. The van der Waals surface area contributed by atoms with Gasteiger partial charge in [0.2, 0.25) is 0 Å². The summed E-state index contributed by atoms with van der Waals surface area (Å²) in [6, 6.07) is 5.93. The summed E-state index contributed by atoms with van der Waals surface area (Å²) in [6.07, 6.45) is 5.70. The molecule has 2 saturated heterocycles. The van der Waals surface area contributed by atoms with Crippen LogP contribution >= 0.6 is 11.6 Å². The van der Waals surface area contributed by atoms with Crippen molar-refractivity contribution in [3.63, 3.8) is 0 Å². The van der Waals surface area contributed by atoms with Crippen LogP contribution in [0.25, 0.3) is 0 Å². The van der Waals surface area contributed by atoms with E-state index in [4.69, 9.17) is 11.6 Å². The highest BCUT2D eigenvalue weighted by molar-refractivity contribution is 6.30.